The summed E-state index contributed by atoms with van der Waals surface area (Å²) in [4.78, 5) is 4.60. The normalized spacial score (nSPS) is 10.8. The number of benzene rings is 2. The Morgan fingerprint density at radius 2 is 1.76 bits per heavy atom. The van der Waals surface area contributed by atoms with Crippen molar-refractivity contribution >= 4 is 22.9 Å². The summed E-state index contributed by atoms with van der Waals surface area (Å²) >= 11 is 7.50. The molecule has 4 rings (SSSR count). The zero-order chi connectivity index (χ0) is 17.1. The number of hydrogen-bond donors (Lipinski definition) is 0. The lowest BCUT2D eigenvalue weighted by Gasteiger charge is -2.04. The third kappa shape index (κ3) is 3.70. The number of ether oxygens (including phenoxy) is 1. The van der Waals surface area contributed by atoms with E-state index in [9.17, 15) is 0 Å². The van der Waals surface area contributed by atoms with Gasteiger partial charge < -0.3 is 9.15 Å². The van der Waals surface area contributed by atoms with Gasteiger partial charge in [0.1, 0.15) is 17.4 Å². The van der Waals surface area contributed by atoms with Crippen LogP contribution in [0.5, 0.6) is 5.75 Å². The van der Waals surface area contributed by atoms with Crippen molar-refractivity contribution in [3.63, 3.8) is 0 Å². The van der Waals surface area contributed by atoms with Gasteiger partial charge in [0.25, 0.3) is 0 Å². The predicted molar refractivity (Wildman–Crippen MR) is 96.6 cm³/mol. The first-order valence-electron chi connectivity index (χ1n) is 7.48. The Kier molecular flexibility index (Phi) is 4.45. The molecule has 0 bridgehead atoms. The molecule has 7 heteroatoms. The monoisotopic (exact) mass is 369 g/mol. The molecule has 5 nitrogen and oxygen atoms in total. The highest BCUT2D eigenvalue weighted by Gasteiger charge is 2.07. The topological polar surface area (TPSA) is 61.0 Å². The second kappa shape index (κ2) is 7.04. The molecule has 0 radical (unpaired) electrons. The van der Waals surface area contributed by atoms with Crippen LogP contribution in [0.1, 0.15) is 5.69 Å². The minimum absolute atomic E-state index is 0.407. The molecule has 0 aliphatic carbocycles. The van der Waals surface area contributed by atoms with Crippen LogP contribution in [0.15, 0.2) is 64.7 Å². The van der Waals surface area contributed by atoms with Crippen LogP contribution in [-0.2, 0) is 6.61 Å². The molecule has 25 heavy (non-hydrogen) atoms. The maximum Gasteiger partial charge on any atom is 0.247 e. The van der Waals surface area contributed by atoms with E-state index in [0.717, 1.165) is 27.6 Å². The highest BCUT2D eigenvalue weighted by Crippen LogP contribution is 2.26. The van der Waals surface area contributed by atoms with Gasteiger partial charge in [-0.15, -0.1) is 21.5 Å². The van der Waals surface area contributed by atoms with E-state index in [1.807, 2.05) is 53.9 Å². The SMILES string of the molecule is Clc1ccc(-c2nc(COc3ccc(-c4nnco4)cc3)cs2)cc1. The Bertz CT molecular complexity index is 951. The van der Waals surface area contributed by atoms with E-state index in [1.165, 1.54) is 6.39 Å². The average molecular weight is 370 g/mol. The van der Waals surface area contributed by atoms with E-state index in [-0.39, 0.29) is 0 Å². The summed E-state index contributed by atoms with van der Waals surface area (Å²) in [6, 6.07) is 15.1. The van der Waals surface area contributed by atoms with E-state index in [2.05, 4.69) is 15.2 Å². The molecular weight excluding hydrogens is 358 g/mol. The van der Waals surface area contributed by atoms with Gasteiger partial charge in [-0.1, -0.05) is 23.7 Å². The van der Waals surface area contributed by atoms with Crippen molar-refractivity contribution < 1.29 is 9.15 Å². The van der Waals surface area contributed by atoms with Crippen molar-refractivity contribution in [2.45, 2.75) is 6.61 Å². The number of nitrogens with zero attached hydrogens (tertiary/aromatic N) is 3. The molecule has 0 spiro atoms. The zero-order valence-corrected chi connectivity index (χ0v) is 14.5. The third-order valence-corrected chi connectivity index (χ3v) is 4.68. The Balaban J connectivity index is 1.41. The number of rotatable bonds is 5. The fourth-order valence-electron chi connectivity index (χ4n) is 2.25. The van der Waals surface area contributed by atoms with Crippen molar-refractivity contribution in [2.24, 2.45) is 0 Å². The Labute approximate surface area is 152 Å². The largest absolute Gasteiger partial charge is 0.487 e. The van der Waals surface area contributed by atoms with Gasteiger partial charge in [-0.2, -0.15) is 0 Å². The third-order valence-electron chi connectivity index (χ3n) is 3.49. The van der Waals surface area contributed by atoms with Crippen LogP contribution in [0.25, 0.3) is 22.0 Å². The lowest BCUT2D eigenvalue weighted by Crippen LogP contribution is -1.95. The van der Waals surface area contributed by atoms with E-state index >= 15 is 0 Å². The Morgan fingerprint density at radius 1 is 1.00 bits per heavy atom. The van der Waals surface area contributed by atoms with Gasteiger partial charge in [0.2, 0.25) is 12.3 Å². The Hall–Kier alpha value is -2.70. The van der Waals surface area contributed by atoms with Crippen LogP contribution in [-0.4, -0.2) is 15.2 Å². The summed E-state index contributed by atoms with van der Waals surface area (Å²) in [5.41, 5.74) is 2.78. The molecule has 2 aromatic heterocycles. The summed E-state index contributed by atoms with van der Waals surface area (Å²) in [6.45, 7) is 0.407. The molecule has 0 unspecified atom stereocenters. The van der Waals surface area contributed by atoms with Gasteiger partial charge in [-0.3, -0.25) is 0 Å². The molecule has 124 valence electrons. The second-order valence-electron chi connectivity index (χ2n) is 5.21. The van der Waals surface area contributed by atoms with Gasteiger partial charge in [0.05, 0.1) is 5.69 Å². The smallest absolute Gasteiger partial charge is 0.247 e. The maximum absolute atomic E-state index is 5.92. The minimum atomic E-state index is 0.407. The van der Waals surface area contributed by atoms with Crippen molar-refractivity contribution in [1.29, 1.82) is 0 Å². The van der Waals surface area contributed by atoms with Crippen molar-refractivity contribution in [3.05, 3.63) is 71.0 Å². The van der Waals surface area contributed by atoms with Crippen LogP contribution in [0.2, 0.25) is 5.02 Å². The number of halogens is 1. The maximum atomic E-state index is 5.92. The molecule has 0 aliphatic rings. The molecule has 2 heterocycles. The first-order valence-corrected chi connectivity index (χ1v) is 8.73. The lowest BCUT2D eigenvalue weighted by atomic mass is 10.2. The fraction of sp³-hybridized carbons (Fsp3) is 0.0556. The summed E-state index contributed by atoms with van der Waals surface area (Å²) in [7, 11) is 0. The van der Waals surface area contributed by atoms with Gasteiger partial charge in [0, 0.05) is 21.5 Å². The lowest BCUT2D eigenvalue weighted by molar-refractivity contribution is 0.302. The molecule has 0 saturated carbocycles. The van der Waals surface area contributed by atoms with Gasteiger partial charge in [-0.05, 0) is 36.4 Å². The molecule has 0 aliphatic heterocycles. The molecule has 0 atom stereocenters. The first kappa shape index (κ1) is 15.8. The second-order valence-corrected chi connectivity index (χ2v) is 6.50. The van der Waals surface area contributed by atoms with E-state index in [0.29, 0.717) is 17.5 Å². The highest BCUT2D eigenvalue weighted by molar-refractivity contribution is 7.13. The summed E-state index contributed by atoms with van der Waals surface area (Å²) in [5, 5.41) is 11.2. The van der Waals surface area contributed by atoms with Crippen molar-refractivity contribution in [3.8, 4) is 27.8 Å². The van der Waals surface area contributed by atoms with Crippen LogP contribution >= 0.6 is 22.9 Å². The number of hydrogen-bond acceptors (Lipinski definition) is 6. The van der Waals surface area contributed by atoms with E-state index in [1.54, 1.807) is 11.3 Å². The zero-order valence-electron chi connectivity index (χ0n) is 12.9. The molecule has 0 amide bonds. The van der Waals surface area contributed by atoms with Gasteiger partial charge in [0.15, 0.2) is 0 Å². The minimum Gasteiger partial charge on any atom is -0.487 e. The van der Waals surface area contributed by atoms with Crippen LogP contribution in [0, 0.1) is 0 Å². The van der Waals surface area contributed by atoms with Gasteiger partial charge >= 0.3 is 0 Å². The molecule has 4 aromatic rings. The highest BCUT2D eigenvalue weighted by atomic mass is 35.5. The van der Waals surface area contributed by atoms with Crippen LogP contribution < -0.4 is 4.74 Å². The molecule has 0 saturated heterocycles. The Morgan fingerprint density at radius 3 is 2.48 bits per heavy atom. The predicted octanol–water partition coefficient (Wildman–Crippen LogP) is 5.09. The van der Waals surface area contributed by atoms with Crippen molar-refractivity contribution in [2.75, 3.05) is 0 Å². The first-order chi connectivity index (χ1) is 12.3. The summed E-state index contributed by atoms with van der Waals surface area (Å²) in [6.07, 6.45) is 1.31. The van der Waals surface area contributed by atoms with Crippen molar-refractivity contribution in [1.82, 2.24) is 15.2 Å². The van der Waals surface area contributed by atoms with E-state index in [4.69, 9.17) is 20.8 Å². The molecular formula is C18H12ClN3O2S. The molecule has 2 aromatic carbocycles. The fourth-order valence-corrected chi connectivity index (χ4v) is 3.18. The molecule has 0 N–H and O–H groups in total. The average Bonchev–Trinajstić information content (AvgIpc) is 3.33. The summed E-state index contributed by atoms with van der Waals surface area (Å²) in [5.74, 6) is 1.24. The standard InChI is InChI=1S/C18H12ClN3O2S/c19-14-5-1-13(2-6-14)18-21-15(10-25-18)9-23-16-7-3-12(4-8-16)17-22-20-11-24-17/h1-8,10-11H,9H2. The van der Waals surface area contributed by atoms with Crippen LogP contribution in [0.3, 0.4) is 0 Å². The van der Waals surface area contributed by atoms with Crippen LogP contribution in [0.4, 0.5) is 0 Å². The summed E-state index contributed by atoms with van der Waals surface area (Å²) < 4.78 is 11.0. The van der Waals surface area contributed by atoms with E-state index < -0.39 is 0 Å². The number of thiazole rings is 1. The number of aromatic nitrogens is 3. The molecule has 0 fully saturated rings. The quantitative estimate of drug-likeness (QED) is 0.490. The van der Waals surface area contributed by atoms with Gasteiger partial charge in [-0.25, -0.2) is 4.98 Å².